The summed E-state index contributed by atoms with van der Waals surface area (Å²) in [5.74, 6) is -0.415. The molecule has 74 valence electrons. The van der Waals surface area contributed by atoms with Gasteiger partial charge in [-0.1, -0.05) is 12.1 Å². The molecule has 0 aromatic heterocycles. The first-order chi connectivity index (χ1) is 7.19. The topological polar surface area (TPSA) is 59.6 Å². The van der Waals surface area contributed by atoms with Crippen molar-refractivity contribution in [2.75, 3.05) is 5.32 Å². The Morgan fingerprint density at radius 3 is 2.60 bits per heavy atom. The molecule has 0 aliphatic heterocycles. The third-order valence-electron chi connectivity index (χ3n) is 1.82. The number of aryl methyl sites for hydroxylation is 1. The number of nitrogens with zero attached hydrogens (tertiary/aromatic N) is 2. The highest BCUT2D eigenvalue weighted by Crippen LogP contribution is 2.18. The van der Waals surface area contributed by atoms with Gasteiger partial charge >= 0.3 is 0 Å². The Kier molecular flexibility index (Phi) is 3.43. The van der Waals surface area contributed by atoms with Gasteiger partial charge in [0.2, 0.25) is 0 Å². The van der Waals surface area contributed by atoms with Crippen molar-refractivity contribution < 1.29 is 4.39 Å². The first-order valence-electron chi connectivity index (χ1n) is 4.21. The Hall–Kier alpha value is -2.33. The molecule has 0 aliphatic rings. The van der Waals surface area contributed by atoms with Crippen molar-refractivity contribution >= 4 is 5.69 Å². The quantitative estimate of drug-likeness (QED) is 0.747. The number of allylic oxidation sites excluding steroid dienone is 1. The van der Waals surface area contributed by atoms with Gasteiger partial charge in [-0.25, -0.2) is 4.39 Å². The molecular weight excluding hydrogens is 193 g/mol. The Balaban J connectivity index is 2.98. The molecule has 1 aromatic rings. The average molecular weight is 201 g/mol. The van der Waals surface area contributed by atoms with Crippen LogP contribution in [0.1, 0.15) is 5.56 Å². The van der Waals surface area contributed by atoms with Crippen molar-refractivity contribution in [3.8, 4) is 12.1 Å². The van der Waals surface area contributed by atoms with Crippen molar-refractivity contribution in [2.24, 2.45) is 0 Å². The third kappa shape index (κ3) is 2.55. The van der Waals surface area contributed by atoms with Crippen LogP contribution in [0.3, 0.4) is 0 Å². The molecule has 0 saturated carbocycles. The molecule has 0 radical (unpaired) electrons. The zero-order valence-electron chi connectivity index (χ0n) is 8.08. The highest BCUT2D eigenvalue weighted by Gasteiger charge is 2.03. The monoisotopic (exact) mass is 201 g/mol. The van der Waals surface area contributed by atoms with Crippen LogP contribution in [0.5, 0.6) is 0 Å². The van der Waals surface area contributed by atoms with Crippen LogP contribution in [-0.2, 0) is 0 Å². The standard InChI is InChI=1S/C11H8FN3/c1-8-3-2-4-10(12)11(8)15-7-9(5-13)6-14/h2-4,7,15H,1H3. The van der Waals surface area contributed by atoms with Crippen molar-refractivity contribution in [3.63, 3.8) is 0 Å². The van der Waals surface area contributed by atoms with E-state index < -0.39 is 5.82 Å². The predicted molar refractivity (Wildman–Crippen MR) is 54.1 cm³/mol. The van der Waals surface area contributed by atoms with Crippen LogP contribution in [0, 0.1) is 35.4 Å². The predicted octanol–water partition coefficient (Wildman–Crippen LogP) is 2.48. The Morgan fingerprint density at radius 2 is 2.07 bits per heavy atom. The number of nitriles is 2. The molecule has 0 spiro atoms. The summed E-state index contributed by atoms with van der Waals surface area (Å²) in [7, 11) is 0. The fourth-order valence-electron chi connectivity index (χ4n) is 1.05. The number of rotatable bonds is 2. The van der Waals surface area contributed by atoms with E-state index in [1.165, 1.54) is 12.3 Å². The van der Waals surface area contributed by atoms with Gasteiger partial charge in [0, 0.05) is 6.20 Å². The molecule has 0 bridgehead atoms. The summed E-state index contributed by atoms with van der Waals surface area (Å²) >= 11 is 0. The molecule has 0 unspecified atom stereocenters. The summed E-state index contributed by atoms with van der Waals surface area (Å²) in [6, 6.07) is 7.99. The van der Waals surface area contributed by atoms with E-state index >= 15 is 0 Å². The second-order valence-corrected chi connectivity index (χ2v) is 2.86. The molecule has 0 fully saturated rings. The van der Waals surface area contributed by atoms with E-state index in [1.807, 2.05) is 0 Å². The lowest BCUT2D eigenvalue weighted by molar-refractivity contribution is 0.631. The van der Waals surface area contributed by atoms with Crippen molar-refractivity contribution in [1.82, 2.24) is 0 Å². The van der Waals surface area contributed by atoms with Gasteiger partial charge in [-0.05, 0) is 18.6 Å². The van der Waals surface area contributed by atoms with Gasteiger partial charge in [0.1, 0.15) is 23.5 Å². The van der Waals surface area contributed by atoms with Crippen LogP contribution >= 0.6 is 0 Å². The van der Waals surface area contributed by atoms with Crippen molar-refractivity contribution in [2.45, 2.75) is 6.92 Å². The molecule has 15 heavy (non-hydrogen) atoms. The second-order valence-electron chi connectivity index (χ2n) is 2.86. The normalized spacial score (nSPS) is 8.53. The van der Waals surface area contributed by atoms with Crippen LogP contribution in [0.15, 0.2) is 30.0 Å². The molecule has 1 N–H and O–H groups in total. The number of para-hydroxylation sites is 1. The summed E-state index contributed by atoms with van der Waals surface area (Å²) in [4.78, 5) is 0. The molecule has 0 heterocycles. The number of nitrogens with one attached hydrogen (secondary N) is 1. The van der Waals surface area contributed by atoms with Crippen LogP contribution in [0.2, 0.25) is 0 Å². The Labute approximate surface area is 87.1 Å². The minimum atomic E-state index is -0.415. The maximum atomic E-state index is 13.3. The van der Waals surface area contributed by atoms with Crippen LogP contribution < -0.4 is 5.32 Å². The second kappa shape index (κ2) is 4.78. The van der Waals surface area contributed by atoms with E-state index in [0.717, 1.165) is 0 Å². The van der Waals surface area contributed by atoms with Crippen LogP contribution in [0.4, 0.5) is 10.1 Å². The lowest BCUT2D eigenvalue weighted by Gasteiger charge is -2.05. The summed E-state index contributed by atoms with van der Waals surface area (Å²) < 4.78 is 13.3. The Morgan fingerprint density at radius 1 is 1.40 bits per heavy atom. The number of hydrogen-bond acceptors (Lipinski definition) is 3. The van der Waals surface area contributed by atoms with Crippen LogP contribution in [-0.4, -0.2) is 0 Å². The average Bonchev–Trinajstić information content (AvgIpc) is 2.23. The van der Waals surface area contributed by atoms with Gasteiger partial charge < -0.3 is 5.32 Å². The van der Waals surface area contributed by atoms with Crippen LogP contribution in [0.25, 0.3) is 0 Å². The number of halogens is 1. The molecule has 0 aliphatic carbocycles. The van der Waals surface area contributed by atoms with Gasteiger partial charge in [-0.2, -0.15) is 10.5 Å². The molecule has 4 heteroatoms. The molecular formula is C11H8FN3. The third-order valence-corrected chi connectivity index (χ3v) is 1.82. The lowest BCUT2D eigenvalue weighted by atomic mass is 10.2. The van der Waals surface area contributed by atoms with Gasteiger partial charge in [0.15, 0.2) is 0 Å². The number of benzene rings is 1. The van der Waals surface area contributed by atoms with Gasteiger partial charge in [-0.3, -0.25) is 0 Å². The first-order valence-corrected chi connectivity index (χ1v) is 4.21. The first kappa shape index (κ1) is 10.7. The Bertz CT molecular complexity index is 441. The highest BCUT2D eigenvalue weighted by atomic mass is 19.1. The van der Waals surface area contributed by atoms with E-state index in [0.29, 0.717) is 5.56 Å². The largest absolute Gasteiger partial charge is 0.357 e. The molecule has 1 rings (SSSR count). The summed E-state index contributed by atoms with van der Waals surface area (Å²) in [6.45, 7) is 1.73. The summed E-state index contributed by atoms with van der Waals surface area (Å²) in [6.07, 6.45) is 1.19. The maximum absolute atomic E-state index is 13.3. The summed E-state index contributed by atoms with van der Waals surface area (Å²) in [5.41, 5.74) is 0.889. The minimum Gasteiger partial charge on any atom is -0.357 e. The maximum Gasteiger partial charge on any atom is 0.146 e. The fraction of sp³-hybridized carbons (Fsp3) is 0.0909. The number of anilines is 1. The smallest absolute Gasteiger partial charge is 0.146 e. The van der Waals surface area contributed by atoms with E-state index in [4.69, 9.17) is 10.5 Å². The van der Waals surface area contributed by atoms with Crippen molar-refractivity contribution in [3.05, 3.63) is 41.4 Å². The van der Waals surface area contributed by atoms with Gasteiger partial charge in [0.25, 0.3) is 0 Å². The lowest BCUT2D eigenvalue weighted by Crippen LogP contribution is -1.96. The number of hydrogen-bond donors (Lipinski definition) is 1. The minimum absolute atomic E-state index is 0.0994. The summed E-state index contributed by atoms with van der Waals surface area (Å²) in [5, 5.41) is 19.5. The fourth-order valence-corrected chi connectivity index (χ4v) is 1.05. The van der Waals surface area contributed by atoms with E-state index in [-0.39, 0.29) is 11.3 Å². The van der Waals surface area contributed by atoms with Gasteiger partial charge in [-0.15, -0.1) is 0 Å². The molecule has 0 atom stereocenters. The molecule has 1 aromatic carbocycles. The highest BCUT2D eigenvalue weighted by molar-refractivity contribution is 5.55. The van der Waals surface area contributed by atoms with E-state index in [2.05, 4.69) is 5.32 Å². The SMILES string of the molecule is Cc1cccc(F)c1NC=C(C#N)C#N. The van der Waals surface area contributed by atoms with Gasteiger partial charge in [0.05, 0.1) is 5.69 Å². The zero-order chi connectivity index (χ0) is 11.3. The molecule has 0 saturated heterocycles. The van der Waals surface area contributed by atoms with E-state index in [9.17, 15) is 4.39 Å². The van der Waals surface area contributed by atoms with Crippen molar-refractivity contribution in [1.29, 1.82) is 10.5 Å². The molecule has 0 amide bonds. The molecule has 3 nitrogen and oxygen atoms in total. The van der Waals surface area contributed by atoms with E-state index in [1.54, 1.807) is 31.2 Å². The zero-order valence-corrected chi connectivity index (χ0v) is 8.08.